The van der Waals surface area contributed by atoms with E-state index in [0.29, 0.717) is 18.2 Å². The Bertz CT molecular complexity index is 389. The average molecular weight is 249 g/mol. The van der Waals surface area contributed by atoms with Gasteiger partial charge < -0.3 is 14.7 Å². The molecule has 98 valence electrons. The maximum absolute atomic E-state index is 11.8. The topological polar surface area (TPSA) is 49.8 Å². The first-order valence-corrected chi connectivity index (χ1v) is 6.26. The number of aliphatic hydroxyl groups excluding tert-OH is 1. The van der Waals surface area contributed by atoms with Crippen LogP contribution < -0.4 is 4.74 Å². The second kappa shape index (κ2) is 5.87. The minimum atomic E-state index is -0.393. The Morgan fingerprint density at radius 1 is 1.44 bits per heavy atom. The minimum Gasteiger partial charge on any atom is -0.484 e. The van der Waals surface area contributed by atoms with Crippen molar-refractivity contribution in [2.75, 3.05) is 20.2 Å². The van der Waals surface area contributed by atoms with E-state index >= 15 is 0 Å². The Labute approximate surface area is 107 Å². The summed E-state index contributed by atoms with van der Waals surface area (Å²) in [6, 6.07) is 9.24. The highest BCUT2D eigenvalue weighted by atomic mass is 16.5. The Kier molecular flexibility index (Phi) is 4.20. The summed E-state index contributed by atoms with van der Waals surface area (Å²) in [5, 5.41) is 9.76. The van der Waals surface area contributed by atoms with Crippen LogP contribution >= 0.6 is 0 Å². The number of carbonyl (C=O) groups excluding carboxylic acids is 1. The van der Waals surface area contributed by atoms with Gasteiger partial charge in [0.05, 0.1) is 6.10 Å². The van der Waals surface area contributed by atoms with Gasteiger partial charge in [-0.1, -0.05) is 18.2 Å². The zero-order chi connectivity index (χ0) is 13.0. The smallest absolute Gasteiger partial charge is 0.260 e. The fourth-order valence-corrected chi connectivity index (χ4v) is 1.78. The molecule has 4 nitrogen and oxygen atoms in total. The zero-order valence-corrected chi connectivity index (χ0v) is 10.6. The van der Waals surface area contributed by atoms with Crippen LogP contribution in [0.5, 0.6) is 5.75 Å². The number of benzene rings is 1. The van der Waals surface area contributed by atoms with E-state index in [0.717, 1.165) is 12.8 Å². The van der Waals surface area contributed by atoms with Crippen LogP contribution in [-0.4, -0.2) is 42.2 Å². The molecule has 1 unspecified atom stereocenters. The van der Waals surface area contributed by atoms with Gasteiger partial charge in [0, 0.05) is 13.6 Å². The standard InChI is InChI=1S/C14H19NO3/c1-15(9-13(16)11-7-8-11)14(17)10-18-12-5-3-2-4-6-12/h2-6,11,13,16H,7-10H2,1H3. The van der Waals surface area contributed by atoms with Gasteiger partial charge in [-0.15, -0.1) is 0 Å². The highest BCUT2D eigenvalue weighted by Gasteiger charge is 2.31. The second-order valence-corrected chi connectivity index (χ2v) is 4.78. The van der Waals surface area contributed by atoms with Crippen LogP contribution in [0.3, 0.4) is 0 Å². The monoisotopic (exact) mass is 249 g/mol. The van der Waals surface area contributed by atoms with Crippen LogP contribution in [0.1, 0.15) is 12.8 Å². The molecular weight excluding hydrogens is 230 g/mol. The summed E-state index contributed by atoms with van der Waals surface area (Å²) in [6.07, 6.45) is 1.75. The van der Waals surface area contributed by atoms with Crippen LogP contribution in [0.25, 0.3) is 0 Å². The van der Waals surface area contributed by atoms with Crippen molar-refractivity contribution in [3.05, 3.63) is 30.3 Å². The zero-order valence-electron chi connectivity index (χ0n) is 10.6. The van der Waals surface area contributed by atoms with E-state index in [1.165, 1.54) is 4.90 Å². The molecule has 1 amide bonds. The van der Waals surface area contributed by atoms with Crippen LogP contribution in [0.2, 0.25) is 0 Å². The fourth-order valence-electron chi connectivity index (χ4n) is 1.78. The first kappa shape index (κ1) is 12.9. The van der Waals surface area contributed by atoms with Crippen molar-refractivity contribution < 1.29 is 14.6 Å². The molecule has 1 fully saturated rings. The van der Waals surface area contributed by atoms with Crippen LogP contribution in [-0.2, 0) is 4.79 Å². The highest BCUT2D eigenvalue weighted by molar-refractivity contribution is 5.77. The molecule has 0 bridgehead atoms. The quantitative estimate of drug-likeness (QED) is 0.826. The summed E-state index contributed by atoms with van der Waals surface area (Å²) in [6.45, 7) is 0.402. The van der Waals surface area contributed by atoms with Gasteiger partial charge in [0.2, 0.25) is 0 Å². The van der Waals surface area contributed by atoms with Crippen molar-refractivity contribution in [1.29, 1.82) is 0 Å². The molecule has 1 aliphatic rings. The lowest BCUT2D eigenvalue weighted by Crippen LogP contribution is -2.37. The summed E-state index contributed by atoms with van der Waals surface area (Å²) in [4.78, 5) is 13.3. The number of nitrogens with zero attached hydrogens (tertiary/aromatic N) is 1. The minimum absolute atomic E-state index is 0.0118. The van der Waals surface area contributed by atoms with E-state index in [-0.39, 0.29) is 12.5 Å². The van der Waals surface area contributed by atoms with Gasteiger partial charge >= 0.3 is 0 Å². The summed E-state index contributed by atoms with van der Waals surface area (Å²) in [5.74, 6) is 0.954. The normalized spacial score (nSPS) is 16.1. The summed E-state index contributed by atoms with van der Waals surface area (Å²) < 4.78 is 5.37. The number of carbonyl (C=O) groups is 1. The number of amides is 1. The number of hydrogen-bond acceptors (Lipinski definition) is 3. The molecule has 4 heteroatoms. The SMILES string of the molecule is CN(CC(O)C1CC1)C(=O)COc1ccccc1. The summed E-state index contributed by atoms with van der Waals surface area (Å²) in [7, 11) is 1.70. The third-order valence-electron chi connectivity index (χ3n) is 3.16. The number of aliphatic hydroxyl groups is 1. The lowest BCUT2D eigenvalue weighted by molar-refractivity contribution is -0.133. The molecule has 1 aromatic carbocycles. The molecule has 1 saturated carbocycles. The molecule has 1 N–H and O–H groups in total. The molecule has 1 atom stereocenters. The van der Waals surface area contributed by atoms with Crippen LogP contribution in [0.15, 0.2) is 30.3 Å². The predicted molar refractivity (Wildman–Crippen MR) is 68.3 cm³/mol. The molecule has 0 aromatic heterocycles. The first-order valence-electron chi connectivity index (χ1n) is 6.26. The molecule has 0 radical (unpaired) electrons. The van der Waals surface area contributed by atoms with Crippen LogP contribution in [0, 0.1) is 5.92 Å². The first-order chi connectivity index (χ1) is 8.66. The van der Waals surface area contributed by atoms with Crippen molar-refractivity contribution in [1.82, 2.24) is 4.90 Å². The predicted octanol–water partition coefficient (Wildman–Crippen LogP) is 1.29. The molecule has 0 heterocycles. The molecule has 18 heavy (non-hydrogen) atoms. The second-order valence-electron chi connectivity index (χ2n) is 4.78. The lowest BCUT2D eigenvalue weighted by atomic mass is 10.2. The van der Waals surface area contributed by atoms with Gasteiger partial charge in [-0.05, 0) is 30.9 Å². The van der Waals surface area contributed by atoms with Crippen LogP contribution in [0.4, 0.5) is 0 Å². The lowest BCUT2D eigenvalue weighted by Gasteiger charge is -2.20. The number of para-hydroxylation sites is 1. The average Bonchev–Trinajstić information content (AvgIpc) is 3.21. The Hall–Kier alpha value is -1.55. The van der Waals surface area contributed by atoms with E-state index < -0.39 is 6.10 Å². The maximum atomic E-state index is 11.8. The third-order valence-corrected chi connectivity index (χ3v) is 3.16. The van der Waals surface area contributed by atoms with Crippen molar-refractivity contribution in [2.45, 2.75) is 18.9 Å². The number of hydrogen-bond donors (Lipinski definition) is 1. The molecule has 2 rings (SSSR count). The third kappa shape index (κ3) is 3.74. The summed E-state index contributed by atoms with van der Waals surface area (Å²) >= 11 is 0. The van der Waals surface area contributed by atoms with E-state index in [4.69, 9.17) is 4.74 Å². The van der Waals surface area contributed by atoms with E-state index in [9.17, 15) is 9.90 Å². The maximum Gasteiger partial charge on any atom is 0.260 e. The molecule has 0 spiro atoms. The fraction of sp³-hybridized carbons (Fsp3) is 0.500. The van der Waals surface area contributed by atoms with Crippen molar-refractivity contribution >= 4 is 5.91 Å². The van der Waals surface area contributed by atoms with E-state index in [2.05, 4.69) is 0 Å². The highest BCUT2D eigenvalue weighted by Crippen LogP contribution is 2.32. The Balaban J connectivity index is 1.73. The Morgan fingerprint density at radius 2 is 2.11 bits per heavy atom. The van der Waals surface area contributed by atoms with Gasteiger partial charge in [-0.2, -0.15) is 0 Å². The van der Waals surface area contributed by atoms with Gasteiger partial charge in [-0.3, -0.25) is 4.79 Å². The number of rotatable bonds is 6. The van der Waals surface area contributed by atoms with Crippen molar-refractivity contribution in [3.8, 4) is 5.75 Å². The van der Waals surface area contributed by atoms with E-state index in [1.54, 1.807) is 7.05 Å². The molecule has 0 saturated heterocycles. The van der Waals surface area contributed by atoms with Gasteiger partial charge in [0.25, 0.3) is 5.91 Å². The molecule has 0 aliphatic heterocycles. The number of ether oxygens (including phenoxy) is 1. The Morgan fingerprint density at radius 3 is 2.72 bits per heavy atom. The molecular formula is C14H19NO3. The largest absolute Gasteiger partial charge is 0.484 e. The van der Waals surface area contributed by atoms with Gasteiger partial charge in [0.1, 0.15) is 5.75 Å². The summed E-state index contributed by atoms with van der Waals surface area (Å²) in [5.41, 5.74) is 0. The van der Waals surface area contributed by atoms with Crippen molar-refractivity contribution in [3.63, 3.8) is 0 Å². The van der Waals surface area contributed by atoms with Crippen molar-refractivity contribution in [2.24, 2.45) is 5.92 Å². The van der Waals surface area contributed by atoms with Gasteiger partial charge in [-0.25, -0.2) is 0 Å². The molecule has 1 aliphatic carbocycles. The number of likely N-dealkylation sites (N-methyl/N-ethyl adjacent to an activating group) is 1. The molecule has 1 aromatic rings. The van der Waals surface area contributed by atoms with E-state index in [1.807, 2.05) is 30.3 Å². The van der Waals surface area contributed by atoms with Gasteiger partial charge in [0.15, 0.2) is 6.61 Å².